The van der Waals surface area contributed by atoms with E-state index in [1.807, 2.05) is 0 Å². The van der Waals surface area contributed by atoms with Crippen LogP contribution in [0.2, 0.25) is 0 Å². The Balaban J connectivity index is 1.45. The number of furan rings is 1. The molecule has 4 rings (SSSR count). The Morgan fingerprint density at radius 2 is 1.79 bits per heavy atom. The number of hydrogen-bond acceptors (Lipinski definition) is 6. The fourth-order valence-corrected chi connectivity index (χ4v) is 4.32. The highest BCUT2D eigenvalue weighted by Crippen LogP contribution is 2.28. The molecule has 0 atom stereocenters. The normalized spacial score (nSPS) is 12.0. The molecule has 2 heterocycles. The number of aromatic nitrogens is 1. The zero-order valence-electron chi connectivity index (χ0n) is 16.7. The van der Waals surface area contributed by atoms with Gasteiger partial charge in [0.25, 0.3) is 5.91 Å². The highest BCUT2D eigenvalue weighted by atomic mass is 32.2. The van der Waals surface area contributed by atoms with Crippen molar-refractivity contribution in [2.45, 2.75) is 22.7 Å². The van der Waals surface area contributed by atoms with E-state index in [1.54, 1.807) is 18.3 Å². The van der Waals surface area contributed by atoms with Gasteiger partial charge in [-0.1, -0.05) is 18.2 Å². The van der Waals surface area contributed by atoms with Gasteiger partial charge in [-0.05, 0) is 48.0 Å². The number of nitrogens with one attached hydrogen (secondary N) is 1. The van der Waals surface area contributed by atoms with Gasteiger partial charge in [-0.2, -0.15) is 0 Å². The first-order chi connectivity index (χ1) is 15.6. The lowest BCUT2D eigenvalue weighted by molar-refractivity contribution is -0.274. The molecule has 1 amide bonds. The van der Waals surface area contributed by atoms with Crippen molar-refractivity contribution in [1.29, 1.82) is 0 Å². The van der Waals surface area contributed by atoms with Gasteiger partial charge in [-0.3, -0.25) is 9.78 Å². The first-order valence-electron chi connectivity index (χ1n) is 9.43. The number of nitrogens with zero attached hydrogens (tertiary/aromatic N) is 1. The Morgan fingerprint density at radius 3 is 2.48 bits per heavy atom. The number of amides is 1. The van der Waals surface area contributed by atoms with Gasteiger partial charge in [0.05, 0.1) is 16.0 Å². The summed E-state index contributed by atoms with van der Waals surface area (Å²) in [7, 11) is -4.08. The van der Waals surface area contributed by atoms with E-state index in [4.69, 9.17) is 4.42 Å². The molecule has 0 fully saturated rings. The molecule has 2 aromatic heterocycles. The second-order valence-corrected chi connectivity index (χ2v) is 8.83. The minimum atomic E-state index is -4.94. The topological polar surface area (TPSA) is 98.5 Å². The maximum atomic E-state index is 12.8. The number of ether oxygens (including phenoxy) is 1. The molecule has 0 unspecified atom stereocenters. The summed E-state index contributed by atoms with van der Waals surface area (Å²) in [6, 6.07) is 13.0. The van der Waals surface area contributed by atoms with Crippen LogP contribution in [0.3, 0.4) is 0 Å². The predicted octanol–water partition coefficient (Wildman–Crippen LogP) is 4.49. The molecule has 0 bridgehead atoms. The third kappa shape index (κ3) is 5.14. The van der Waals surface area contributed by atoms with E-state index < -0.39 is 27.9 Å². The predicted molar refractivity (Wildman–Crippen MR) is 110 cm³/mol. The smallest absolute Gasteiger partial charge is 0.449 e. The van der Waals surface area contributed by atoms with Crippen LogP contribution in [0.15, 0.2) is 87.3 Å². The van der Waals surface area contributed by atoms with Gasteiger partial charge in [0.2, 0.25) is 9.84 Å². The lowest BCUT2D eigenvalue weighted by atomic mass is 10.2. The van der Waals surface area contributed by atoms with Crippen LogP contribution in [0.4, 0.5) is 13.2 Å². The number of pyridine rings is 1. The first-order valence-corrected chi connectivity index (χ1v) is 10.9. The second kappa shape index (κ2) is 8.58. The number of rotatable bonds is 6. The van der Waals surface area contributed by atoms with Crippen LogP contribution >= 0.6 is 0 Å². The number of halogens is 3. The maximum Gasteiger partial charge on any atom is 0.573 e. The van der Waals surface area contributed by atoms with E-state index in [0.717, 1.165) is 23.6 Å². The standard InChI is InChI=1S/C22H15F3N2O5S/c23-22(24,25)32-16-2-1-3-18(11-16)33(29,30)17-6-4-14(5-7-17)12-27-21(28)19-10-15-8-9-26-13-20(15)31-19/h1-11,13H,12H2,(H,27,28). The molecule has 2 aromatic carbocycles. The fourth-order valence-electron chi connectivity index (χ4n) is 3.03. The molecule has 170 valence electrons. The summed E-state index contributed by atoms with van der Waals surface area (Å²) in [6.07, 6.45) is -1.86. The largest absolute Gasteiger partial charge is 0.573 e. The molecule has 0 saturated heterocycles. The van der Waals surface area contributed by atoms with Crippen LogP contribution in [0, 0.1) is 0 Å². The van der Waals surface area contributed by atoms with Crippen LogP contribution in [-0.2, 0) is 16.4 Å². The van der Waals surface area contributed by atoms with Crippen molar-refractivity contribution in [1.82, 2.24) is 10.3 Å². The number of hydrogen-bond donors (Lipinski definition) is 1. The van der Waals surface area contributed by atoms with Crippen LogP contribution < -0.4 is 10.1 Å². The van der Waals surface area contributed by atoms with Crippen LogP contribution in [0.25, 0.3) is 11.0 Å². The zero-order valence-corrected chi connectivity index (χ0v) is 17.5. The molecule has 0 radical (unpaired) electrons. The summed E-state index contributed by atoms with van der Waals surface area (Å²) in [4.78, 5) is 15.8. The van der Waals surface area contributed by atoms with Gasteiger partial charge in [0.15, 0.2) is 11.3 Å². The Bertz CT molecular complexity index is 1380. The van der Waals surface area contributed by atoms with Crippen molar-refractivity contribution in [2.24, 2.45) is 0 Å². The lowest BCUT2D eigenvalue weighted by Crippen LogP contribution is -2.22. The Hall–Kier alpha value is -3.86. The van der Waals surface area contributed by atoms with Crippen molar-refractivity contribution in [3.63, 3.8) is 0 Å². The minimum absolute atomic E-state index is 0.101. The summed E-state index contributed by atoms with van der Waals surface area (Å²) < 4.78 is 72.0. The van der Waals surface area contributed by atoms with Gasteiger partial charge < -0.3 is 14.5 Å². The molecular formula is C22H15F3N2O5S. The quantitative estimate of drug-likeness (QED) is 0.440. The molecule has 11 heteroatoms. The number of carbonyl (C=O) groups is 1. The molecule has 0 aliphatic heterocycles. The Morgan fingerprint density at radius 1 is 1.03 bits per heavy atom. The lowest BCUT2D eigenvalue weighted by Gasteiger charge is -2.11. The molecular weight excluding hydrogens is 461 g/mol. The Labute approximate surface area is 185 Å². The third-order valence-electron chi connectivity index (χ3n) is 4.58. The van der Waals surface area contributed by atoms with Gasteiger partial charge >= 0.3 is 6.36 Å². The van der Waals surface area contributed by atoms with Gasteiger partial charge in [0, 0.05) is 18.1 Å². The fraction of sp³-hybridized carbons (Fsp3) is 0.0909. The molecule has 0 aliphatic carbocycles. The Kier molecular flexibility index (Phi) is 5.81. The third-order valence-corrected chi connectivity index (χ3v) is 6.35. The van der Waals surface area contributed by atoms with Crippen molar-refractivity contribution in [3.05, 3.63) is 84.4 Å². The molecule has 7 nitrogen and oxygen atoms in total. The summed E-state index contributed by atoms with van der Waals surface area (Å²) >= 11 is 0. The number of benzene rings is 2. The SMILES string of the molecule is O=C(NCc1ccc(S(=O)(=O)c2cccc(OC(F)(F)F)c2)cc1)c1cc2ccncc2o1. The molecule has 0 aliphatic rings. The minimum Gasteiger partial charge on any atom is -0.449 e. The number of carbonyl (C=O) groups excluding carboxylic acids is 1. The first kappa shape index (κ1) is 22.3. The average Bonchev–Trinajstić information content (AvgIpc) is 3.21. The highest BCUT2D eigenvalue weighted by molar-refractivity contribution is 7.91. The summed E-state index contributed by atoms with van der Waals surface area (Å²) in [6.45, 7) is 0.101. The van der Waals surface area contributed by atoms with E-state index in [0.29, 0.717) is 11.1 Å². The number of sulfone groups is 1. The summed E-state index contributed by atoms with van der Waals surface area (Å²) in [5, 5.41) is 3.40. The molecule has 4 aromatic rings. The number of fused-ring (bicyclic) bond motifs is 1. The molecule has 33 heavy (non-hydrogen) atoms. The van der Waals surface area contributed by atoms with Crippen LogP contribution in [0.1, 0.15) is 16.1 Å². The average molecular weight is 476 g/mol. The van der Waals surface area contributed by atoms with Crippen molar-refractivity contribution >= 4 is 26.7 Å². The molecule has 1 N–H and O–H groups in total. The van der Waals surface area contributed by atoms with E-state index in [1.165, 1.54) is 36.5 Å². The van der Waals surface area contributed by atoms with E-state index >= 15 is 0 Å². The number of alkyl halides is 3. The van der Waals surface area contributed by atoms with E-state index in [2.05, 4.69) is 15.0 Å². The van der Waals surface area contributed by atoms with Crippen molar-refractivity contribution in [3.8, 4) is 5.75 Å². The van der Waals surface area contributed by atoms with Gasteiger partial charge in [-0.25, -0.2) is 8.42 Å². The van der Waals surface area contributed by atoms with Crippen LogP contribution in [-0.4, -0.2) is 25.7 Å². The van der Waals surface area contributed by atoms with E-state index in [9.17, 15) is 26.4 Å². The summed E-state index contributed by atoms with van der Waals surface area (Å²) in [5.41, 5.74) is 1.08. The van der Waals surface area contributed by atoms with Crippen LogP contribution in [0.5, 0.6) is 5.75 Å². The zero-order chi connectivity index (χ0) is 23.6. The highest BCUT2D eigenvalue weighted by Gasteiger charge is 2.31. The van der Waals surface area contributed by atoms with Crippen molar-refractivity contribution < 1.29 is 35.5 Å². The second-order valence-electron chi connectivity index (χ2n) is 6.88. The van der Waals surface area contributed by atoms with E-state index in [-0.39, 0.29) is 22.1 Å². The monoisotopic (exact) mass is 476 g/mol. The molecule has 0 spiro atoms. The molecule has 0 saturated carbocycles. The van der Waals surface area contributed by atoms with Gasteiger partial charge in [0.1, 0.15) is 5.75 Å². The van der Waals surface area contributed by atoms with Gasteiger partial charge in [-0.15, -0.1) is 13.2 Å². The van der Waals surface area contributed by atoms with Crippen molar-refractivity contribution in [2.75, 3.05) is 0 Å². The maximum absolute atomic E-state index is 12.8. The summed E-state index contributed by atoms with van der Waals surface area (Å²) in [5.74, 6) is -0.980.